The van der Waals surface area contributed by atoms with Gasteiger partial charge in [-0.3, -0.25) is 14.4 Å². The van der Waals surface area contributed by atoms with Crippen LogP contribution in [0.1, 0.15) is 303 Å². The minimum Gasteiger partial charge on any atom is -0.479 e. The van der Waals surface area contributed by atoms with Crippen molar-refractivity contribution in [2.75, 3.05) is 13.2 Å². The van der Waals surface area contributed by atoms with E-state index in [0.717, 1.165) is 89.9 Å². The number of ether oxygens (including phenoxy) is 5. The topological polar surface area (TPSA) is 175 Å². The molecule has 0 aromatic heterocycles. The van der Waals surface area contributed by atoms with Gasteiger partial charge < -0.3 is 39.0 Å². The van der Waals surface area contributed by atoms with Crippen molar-refractivity contribution in [1.82, 2.24) is 0 Å². The zero-order valence-corrected chi connectivity index (χ0v) is 48.3. The van der Waals surface area contributed by atoms with E-state index >= 15 is 0 Å². The van der Waals surface area contributed by atoms with Crippen molar-refractivity contribution in [3.05, 3.63) is 24.3 Å². The molecular formula is C63H114O12. The maximum Gasteiger partial charge on any atom is 0.335 e. The number of carbonyl (C=O) groups is 4. The highest BCUT2D eigenvalue weighted by atomic mass is 16.7. The number of aliphatic hydroxyl groups is 2. The van der Waals surface area contributed by atoms with Gasteiger partial charge in [-0.25, -0.2) is 4.79 Å². The molecule has 6 atom stereocenters. The zero-order valence-electron chi connectivity index (χ0n) is 48.3. The first-order valence-electron chi connectivity index (χ1n) is 31.3. The van der Waals surface area contributed by atoms with E-state index in [1.54, 1.807) is 0 Å². The third kappa shape index (κ3) is 41.9. The fourth-order valence-electron chi connectivity index (χ4n) is 9.65. The molecule has 0 saturated carbocycles. The van der Waals surface area contributed by atoms with Crippen LogP contribution in [0, 0.1) is 0 Å². The summed E-state index contributed by atoms with van der Waals surface area (Å²) < 4.78 is 28.5. The molecule has 0 amide bonds. The summed E-state index contributed by atoms with van der Waals surface area (Å²) in [6, 6.07) is 0. The van der Waals surface area contributed by atoms with Crippen LogP contribution in [0.15, 0.2) is 24.3 Å². The standard InChI is InChI=1S/C63H114O12/c1-4-7-10-13-16-19-22-24-26-27-28-29-31-33-36-39-42-45-48-51-57(66)74-61-59(68)58(67)60(62(69)70)75-63(61)72-53-54(73-56(65)50-47-44-41-38-34-21-18-15-12-9-6-3)52-71-55(64)49-46-43-40-37-35-32-30-25-23-20-17-14-11-8-5-2/h24-26,30,54,58-61,63,67-68H,4-23,27-29,31-53H2,1-3H3,(H,69,70)/b26-24-,30-25-. The first kappa shape index (κ1) is 70.2. The van der Waals surface area contributed by atoms with Crippen molar-refractivity contribution >= 4 is 23.9 Å². The van der Waals surface area contributed by atoms with Crippen molar-refractivity contribution in [2.45, 2.75) is 340 Å². The van der Waals surface area contributed by atoms with Crippen LogP contribution in [0.2, 0.25) is 0 Å². The van der Waals surface area contributed by atoms with E-state index in [0.29, 0.717) is 19.3 Å². The number of unbranched alkanes of at least 4 members (excludes halogenated alkanes) is 36. The third-order valence-electron chi connectivity index (χ3n) is 14.5. The van der Waals surface area contributed by atoms with Crippen molar-refractivity contribution in [2.24, 2.45) is 0 Å². The Morgan fingerprint density at radius 1 is 0.427 bits per heavy atom. The lowest BCUT2D eigenvalue weighted by Crippen LogP contribution is -2.61. The molecule has 1 rings (SSSR count). The van der Waals surface area contributed by atoms with Crippen molar-refractivity contribution in [3.8, 4) is 0 Å². The van der Waals surface area contributed by atoms with Gasteiger partial charge in [-0.05, 0) is 70.6 Å². The molecule has 0 aliphatic carbocycles. The molecule has 0 spiro atoms. The summed E-state index contributed by atoms with van der Waals surface area (Å²) in [6.07, 6.45) is 47.2. The Kier molecular flexibility index (Phi) is 48.6. The lowest BCUT2D eigenvalue weighted by Gasteiger charge is -2.40. The molecule has 0 aromatic rings. The molecule has 1 fully saturated rings. The summed E-state index contributed by atoms with van der Waals surface area (Å²) in [5, 5.41) is 31.5. The lowest BCUT2D eigenvalue weighted by molar-refractivity contribution is -0.301. The zero-order chi connectivity index (χ0) is 54.7. The molecule has 1 saturated heterocycles. The fraction of sp³-hybridized carbons (Fsp3) is 0.873. The smallest absolute Gasteiger partial charge is 0.335 e. The third-order valence-corrected chi connectivity index (χ3v) is 14.5. The van der Waals surface area contributed by atoms with Crippen LogP contribution in [0.3, 0.4) is 0 Å². The molecule has 6 unspecified atom stereocenters. The summed E-state index contributed by atoms with van der Waals surface area (Å²) in [5.41, 5.74) is 0. The lowest BCUT2D eigenvalue weighted by atomic mass is 9.98. The molecular weight excluding hydrogens is 949 g/mol. The molecule has 12 heteroatoms. The summed E-state index contributed by atoms with van der Waals surface area (Å²) in [4.78, 5) is 51.1. The van der Waals surface area contributed by atoms with Crippen molar-refractivity contribution in [3.63, 3.8) is 0 Å². The number of hydrogen-bond donors (Lipinski definition) is 3. The van der Waals surface area contributed by atoms with Gasteiger partial charge in [0.15, 0.2) is 24.6 Å². The second-order valence-electron chi connectivity index (χ2n) is 21.7. The van der Waals surface area contributed by atoms with Crippen LogP contribution in [0.5, 0.6) is 0 Å². The minimum atomic E-state index is -1.90. The van der Waals surface area contributed by atoms with Crippen LogP contribution in [0.4, 0.5) is 0 Å². The number of allylic oxidation sites excluding steroid dienone is 4. The molecule has 3 N–H and O–H groups in total. The number of esters is 3. The number of carbonyl (C=O) groups excluding carboxylic acids is 3. The quantitative estimate of drug-likeness (QED) is 0.0228. The minimum absolute atomic E-state index is 0.0622. The van der Waals surface area contributed by atoms with Gasteiger partial charge in [0.1, 0.15) is 18.8 Å². The second kappa shape index (κ2) is 51.9. The van der Waals surface area contributed by atoms with Gasteiger partial charge in [0, 0.05) is 19.3 Å². The molecule has 0 radical (unpaired) electrons. The average Bonchev–Trinajstić information content (AvgIpc) is 3.39. The normalized spacial score (nSPS) is 18.2. The monoisotopic (exact) mass is 1060 g/mol. The van der Waals surface area contributed by atoms with Gasteiger partial charge in [-0.2, -0.15) is 0 Å². The van der Waals surface area contributed by atoms with Crippen molar-refractivity contribution in [1.29, 1.82) is 0 Å². The molecule has 1 heterocycles. The SMILES string of the molecule is CCCCCCCC/C=C\CCCCCCCCCCCC(=O)OC1C(OCC(COC(=O)CCCCCCC/C=C\CCCCCCCC)OC(=O)CCCCCCCCCCCCC)OC(C(=O)O)C(O)C1O. The molecule has 0 aromatic carbocycles. The van der Waals surface area contributed by atoms with Crippen LogP contribution in [-0.4, -0.2) is 89.2 Å². The van der Waals surface area contributed by atoms with Crippen LogP contribution in [-0.2, 0) is 42.9 Å². The van der Waals surface area contributed by atoms with Gasteiger partial charge in [0.25, 0.3) is 0 Å². The highest BCUT2D eigenvalue weighted by Crippen LogP contribution is 2.27. The largest absolute Gasteiger partial charge is 0.479 e. The van der Waals surface area contributed by atoms with Gasteiger partial charge >= 0.3 is 23.9 Å². The Labute approximate surface area is 458 Å². The molecule has 0 bridgehead atoms. The Hall–Kier alpha value is -2.80. The number of carboxylic acids is 1. The van der Waals surface area contributed by atoms with E-state index in [1.165, 1.54) is 154 Å². The van der Waals surface area contributed by atoms with Crippen LogP contribution in [0.25, 0.3) is 0 Å². The Morgan fingerprint density at radius 2 is 0.760 bits per heavy atom. The Morgan fingerprint density at radius 3 is 1.13 bits per heavy atom. The summed E-state index contributed by atoms with van der Waals surface area (Å²) >= 11 is 0. The summed E-state index contributed by atoms with van der Waals surface area (Å²) in [7, 11) is 0. The molecule has 75 heavy (non-hydrogen) atoms. The highest BCUT2D eigenvalue weighted by Gasteiger charge is 2.50. The van der Waals surface area contributed by atoms with Crippen LogP contribution >= 0.6 is 0 Å². The van der Waals surface area contributed by atoms with E-state index in [9.17, 15) is 34.5 Å². The number of rotatable bonds is 54. The van der Waals surface area contributed by atoms with Crippen molar-refractivity contribution < 1.29 is 58.2 Å². The highest BCUT2D eigenvalue weighted by molar-refractivity contribution is 5.74. The fourth-order valence-corrected chi connectivity index (χ4v) is 9.65. The molecule has 438 valence electrons. The maximum absolute atomic E-state index is 13.1. The molecule has 12 nitrogen and oxygen atoms in total. The predicted octanol–water partition coefficient (Wildman–Crippen LogP) is 16.2. The van der Waals surface area contributed by atoms with E-state index < -0.39 is 67.3 Å². The first-order chi connectivity index (χ1) is 36.6. The predicted molar refractivity (Wildman–Crippen MR) is 303 cm³/mol. The van der Waals surface area contributed by atoms with Gasteiger partial charge in [-0.1, -0.05) is 238 Å². The summed E-state index contributed by atoms with van der Waals surface area (Å²) in [6.45, 7) is 6.00. The average molecular weight is 1060 g/mol. The van der Waals surface area contributed by atoms with Gasteiger partial charge in [0.2, 0.25) is 0 Å². The Bertz CT molecular complexity index is 1400. The number of carboxylic acid groups (broad SMARTS) is 1. The number of hydrogen-bond acceptors (Lipinski definition) is 11. The van der Waals surface area contributed by atoms with Gasteiger partial charge in [-0.15, -0.1) is 0 Å². The van der Waals surface area contributed by atoms with E-state index in [2.05, 4.69) is 45.1 Å². The van der Waals surface area contributed by atoms with Crippen LogP contribution < -0.4 is 0 Å². The summed E-state index contributed by atoms with van der Waals surface area (Å²) in [5.74, 6) is -3.10. The van der Waals surface area contributed by atoms with Gasteiger partial charge in [0.05, 0.1) is 6.61 Å². The van der Waals surface area contributed by atoms with E-state index in [4.69, 9.17) is 23.7 Å². The number of aliphatic carboxylic acids is 1. The van der Waals surface area contributed by atoms with E-state index in [-0.39, 0.29) is 25.9 Å². The molecule has 1 aliphatic heterocycles. The maximum atomic E-state index is 13.1. The first-order valence-corrected chi connectivity index (χ1v) is 31.3. The number of aliphatic hydroxyl groups excluding tert-OH is 2. The second-order valence-corrected chi connectivity index (χ2v) is 21.7. The Balaban J connectivity index is 2.63. The van der Waals surface area contributed by atoms with E-state index in [1.807, 2.05) is 0 Å². The molecule has 1 aliphatic rings.